The summed E-state index contributed by atoms with van der Waals surface area (Å²) in [5, 5.41) is 9.55. The Balaban J connectivity index is 2.17. The standard InChI is InChI=1S/C19H19FN2O5S/c1-11-10-21(19(24)25)17-8-15(16(20)9-18(17)22(11)12(2)23)13-4-6-14(7-5-13)28(3,26)27/h4-9,11H,10H2,1-3H3,(H,24,25). The van der Waals surface area contributed by atoms with Gasteiger partial charge in [0.05, 0.1) is 22.3 Å². The van der Waals surface area contributed by atoms with Crippen molar-refractivity contribution in [2.45, 2.75) is 24.8 Å². The first kappa shape index (κ1) is 19.8. The molecule has 0 saturated heterocycles. The molecule has 1 unspecified atom stereocenters. The molecule has 0 aliphatic carbocycles. The van der Waals surface area contributed by atoms with Crippen molar-refractivity contribution in [3.8, 4) is 11.1 Å². The maximum atomic E-state index is 14.9. The van der Waals surface area contributed by atoms with Crippen LogP contribution in [0.5, 0.6) is 0 Å². The molecule has 1 heterocycles. The lowest BCUT2D eigenvalue weighted by Crippen LogP contribution is -2.51. The van der Waals surface area contributed by atoms with Crippen LogP contribution in [0.25, 0.3) is 11.1 Å². The van der Waals surface area contributed by atoms with E-state index in [1.807, 2.05) is 0 Å². The summed E-state index contributed by atoms with van der Waals surface area (Å²) in [7, 11) is -3.39. The second-order valence-corrected chi connectivity index (χ2v) is 8.76. The predicted molar refractivity (Wildman–Crippen MR) is 103 cm³/mol. The van der Waals surface area contributed by atoms with Crippen LogP contribution in [0.1, 0.15) is 13.8 Å². The summed E-state index contributed by atoms with van der Waals surface area (Å²) < 4.78 is 38.1. The summed E-state index contributed by atoms with van der Waals surface area (Å²) in [5.41, 5.74) is 0.890. The zero-order chi connectivity index (χ0) is 20.8. The Morgan fingerprint density at radius 2 is 1.75 bits per heavy atom. The van der Waals surface area contributed by atoms with Crippen LogP contribution in [-0.2, 0) is 14.6 Å². The highest BCUT2D eigenvalue weighted by Crippen LogP contribution is 2.40. The van der Waals surface area contributed by atoms with Crippen LogP contribution in [-0.4, -0.2) is 44.4 Å². The molecular formula is C19H19FN2O5S. The topological polar surface area (TPSA) is 95.0 Å². The number of carboxylic acid groups (broad SMARTS) is 1. The van der Waals surface area contributed by atoms with E-state index >= 15 is 0 Å². The number of fused-ring (bicyclic) bond motifs is 1. The lowest BCUT2D eigenvalue weighted by molar-refractivity contribution is -0.117. The van der Waals surface area contributed by atoms with E-state index in [0.717, 1.165) is 17.2 Å². The lowest BCUT2D eigenvalue weighted by atomic mass is 10.00. The quantitative estimate of drug-likeness (QED) is 0.827. The van der Waals surface area contributed by atoms with Crippen molar-refractivity contribution in [2.75, 3.05) is 22.6 Å². The smallest absolute Gasteiger partial charge is 0.411 e. The number of hydrogen-bond donors (Lipinski definition) is 1. The number of carbonyl (C=O) groups excluding carboxylic acids is 1. The zero-order valence-electron chi connectivity index (χ0n) is 15.5. The molecule has 0 bridgehead atoms. The van der Waals surface area contributed by atoms with Gasteiger partial charge in [0.2, 0.25) is 5.91 Å². The van der Waals surface area contributed by atoms with Crippen molar-refractivity contribution in [3.63, 3.8) is 0 Å². The van der Waals surface area contributed by atoms with Crippen molar-refractivity contribution in [2.24, 2.45) is 0 Å². The highest BCUT2D eigenvalue weighted by molar-refractivity contribution is 7.90. The fourth-order valence-electron chi connectivity index (χ4n) is 3.41. The maximum absolute atomic E-state index is 14.9. The van der Waals surface area contributed by atoms with E-state index in [1.54, 1.807) is 6.92 Å². The van der Waals surface area contributed by atoms with Crippen LogP contribution in [0.2, 0.25) is 0 Å². The Morgan fingerprint density at radius 1 is 1.14 bits per heavy atom. The van der Waals surface area contributed by atoms with E-state index in [-0.39, 0.29) is 34.3 Å². The van der Waals surface area contributed by atoms with Crippen LogP contribution in [0.3, 0.4) is 0 Å². The first-order chi connectivity index (χ1) is 13.0. The molecule has 0 radical (unpaired) electrons. The van der Waals surface area contributed by atoms with Crippen LogP contribution in [0.15, 0.2) is 41.3 Å². The third kappa shape index (κ3) is 3.45. The molecule has 0 fully saturated rings. The Bertz CT molecular complexity index is 1070. The molecule has 28 heavy (non-hydrogen) atoms. The minimum absolute atomic E-state index is 0.0556. The monoisotopic (exact) mass is 406 g/mol. The lowest BCUT2D eigenvalue weighted by Gasteiger charge is -2.39. The molecule has 1 aliphatic heterocycles. The zero-order valence-corrected chi connectivity index (χ0v) is 16.3. The van der Waals surface area contributed by atoms with E-state index in [4.69, 9.17) is 0 Å². The second kappa shape index (κ2) is 6.90. The van der Waals surface area contributed by atoms with Gasteiger partial charge in [-0.2, -0.15) is 0 Å². The van der Waals surface area contributed by atoms with Crippen molar-refractivity contribution in [1.29, 1.82) is 0 Å². The van der Waals surface area contributed by atoms with Crippen molar-refractivity contribution >= 4 is 33.2 Å². The summed E-state index contributed by atoms with van der Waals surface area (Å²) in [6, 6.07) is 7.71. The molecule has 0 saturated carbocycles. The third-order valence-electron chi connectivity index (χ3n) is 4.67. The number of hydrogen-bond acceptors (Lipinski definition) is 4. The number of sulfone groups is 1. The molecule has 2 amide bonds. The van der Waals surface area contributed by atoms with Crippen molar-refractivity contribution < 1.29 is 27.5 Å². The van der Waals surface area contributed by atoms with Gasteiger partial charge in [-0.1, -0.05) is 12.1 Å². The van der Waals surface area contributed by atoms with Gasteiger partial charge in [0.15, 0.2) is 9.84 Å². The summed E-state index contributed by atoms with van der Waals surface area (Å²) in [6.45, 7) is 3.09. The van der Waals surface area contributed by atoms with E-state index in [9.17, 15) is 27.5 Å². The van der Waals surface area contributed by atoms with Crippen molar-refractivity contribution in [3.05, 3.63) is 42.2 Å². The van der Waals surface area contributed by atoms with Gasteiger partial charge < -0.3 is 10.0 Å². The molecule has 7 nitrogen and oxygen atoms in total. The maximum Gasteiger partial charge on any atom is 0.411 e. The molecule has 2 aromatic rings. The van der Waals surface area contributed by atoms with E-state index in [1.165, 1.54) is 42.2 Å². The second-order valence-electron chi connectivity index (χ2n) is 6.75. The van der Waals surface area contributed by atoms with Gasteiger partial charge >= 0.3 is 6.09 Å². The van der Waals surface area contributed by atoms with Gasteiger partial charge in [-0.05, 0) is 30.7 Å². The Morgan fingerprint density at radius 3 is 2.25 bits per heavy atom. The minimum atomic E-state index is -3.39. The van der Waals surface area contributed by atoms with E-state index in [0.29, 0.717) is 5.56 Å². The van der Waals surface area contributed by atoms with E-state index in [2.05, 4.69) is 0 Å². The molecule has 9 heteroatoms. The van der Waals surface area contributed by atoms with Gasteiger partial charge in [-0.25, -0.2) is 17.6 Å². The van der Waals surface area contributed by atoms with Gasteiger partial charge in [0.25, 0.3) is 0 Å². The summed E-state index contributed by atoms with van der Waals surface area (Å²) in [4.78, 5) is 26.3. The first-order valence-corrected chi connectivity index (χ1v) is 10.3. The number of amides is 2. The molecule has 148 valence electrons. The minimum Gasteiger partial charge on any atom is -0.465 e. The van der Waals surface area contributed by atoms with Gasteiger partial charge in [0.1, 0.15) is 5.82 Å². The van der Waals surface area contributed by atoms with E-state index < -0.39 is 27.8 Å². The predicted octanol–water partition coefficient (Wildman–Crippen LogP) is 3.14. The van der Waals surface area contributed by atoms with Gasteiger partial charge in [-0.15, -0.1) is 0 Å². The average Bonchev–Trinajstić information content (AvgIpc) is 2.59. The van der Waals surface area contributed by atoms with Gasteiger partial charge in [-0.3, -0.25) is 9.69 Å². The molecule has 1 N–H and O–H groups in total. The molecule has 1 aliphatic rings. The highest BCUT2D eigenvalue weighted by atomic mass is 32.2. The fourth-order valence-corrected chi connectivity index (χ4v) is 4.04. The van der Waals surface area contributed by atoms with Crippen LogP contribution in [0, 0.1) is 5.82 Å². The SMILES string of the molecule is CC(=O)N1c2cc(F)c(-c3ccc(S(C)(=O)=O)cc3)cc2N(C(=O)O)CC1C. The summed E-state index contributed by atoms with van der Waals surface area (Å²) in [6.07, 6.45) is -0.134. The van der Waals surface area contributed by atoms with Gasteiger partial charge in [0, 0.05) is 31.4 Å². The third-order valence-corrected chi connectivity index (χ3v) is 5.79. The highest BCUT2D eigenvalue weighted by Gasteiger charge is 2.34. The molecule has 2 aromatic carbocycles. The molecule has 3 rings (SSSR count). The number of halogens is 1. The van der Waals surface area contributed by atoms with Crippen LogP contribution < -0.4 is 9.80 Å². The summed E-state index contributed by atoms with van der Waals surface area (Å²) >= 11 is 0. The molecule has 1 atom stereocenters. The number of rotatable bonds is 2. The normalized spacial score (nSPS) is 16.6. The average molecular weight is 406 g/mol. The molecular weight excluding hydrogens is 387 g/mol. The molecule has 0 spiro atoms. The number of anilines is 2. The summed E-state index contributed by atoms with van der Waals surface area (Å²) in [5.74, 6) is -0.958. The number of carbonyl (C=O) groups is 2. The Kier molecular flexibility index (Phi) is 4.88. The largest absolute Gasteiger partial charge is 0.465 e. The van der Waals surface area contributed by atoms with Crippen molar-refractivity contribution in [1.82, 2.24) is 0 Å². The number of nitrogens with zero attached hydrogens (tertiary/aromatic N) is 2. The van der Waals surface area contributed by atoms with Crippen LogP contribution >= 0.6 is 0 Å². The van der Waals surface area contributed by atoms with Crippen LogP contribution in [0.4, 0.5) is 20.6 Å². The number of benzene rings is 2. The molecule has 0 aromatic heterocycles. The fraction of sp³-hybridized carbons (Fsp3) is 0.263. The first-order valence-electron chi connectivity index (χ1n) is 8.45. The Labute approximate surface area is 161 Å². The Hall–Kier alpha value is -2.94.